The van der Waals surface area contributed by atoms with E-state index in [2.05, 4.69) is 5.32 Å². The molecule has 13 heteroatoms. The largest absolute Gasteiger partial charge is 0.550 e. The van der Waals surface area contributed by atoms with E-state index in [1.54, 1.807) is 16.7 Å². The van der Waals surface area contributed by atoms with Crippen molar-refractivity contribution >= 4 is 27.6 Å². The number of aliphatic hydroxyl groups is 2. The fraction of sp³-hybridized carbons (Fsp3) is 0.273. The molecule has 0 aliphatic rings. The van der Waals surface area contributed by atoms with Crippen LogP contribution in [-0.4, -0.2) is 47.3 Å². The van der Waals surface area contributed by atoms with Crippen molar-refractivity contribution in [3.05, 3.63) is 95.8 Å². The van der Waals surface area contributed by atoms with Crippen LogP contribution in [0.3, 0.4) is 0 Å². The zero-order valence-electron chi connectivity index (χ0n) is 25.1. The van der Waals surface area contributed by atoms with Crippen molar-refractivity contribution < 1.29 is 42.1 Å². The Balaban J connectivity index is 1.90. The Kier molecular flexibility index (Phi) is 10.7. The summed E-state index contributed by atoms with van der Waals surface area (Å²) < 4.78 is 53.3. The molecular formula is C33H34F2N3O7S-. The van der Waals surface area contributed by atoms with Crippen molar-refractivity contribution in [3.8, 4) is 22.3 Å². The van der Waals surface area contributed by atoms with Crippen LogP contribution >= 0.6 is 0 Å². The minimum absolute atomic E-state index is 0.0635. The third-order valence-corrected chi connectivity index (χ3v) is 8.34. The van der Waals surface area contributed by atoms with Gasteiger partial charge in [0.25, 0.3) is 5.91 Å². The molecule has 5 N–H and O–H groups in total. The van der Waals surface area contributed by atoms with E-state index in [4.69, 9.17) is 5.14 Å². The number of rotatable bonds is 13. The molecular weight excluding hydrogens is 620 g/mol. The number of amides is 1. The van der Waals surface area contributed by atoms with Gasteiger partial charge in [-0.3, -0.25) is 4.79 Å². The number of carboxylic acids is 1. The Bertz CT molecular complexity index is 1810. The zero-order valence-corrected chi connectivity index (χ0v) is 25.9. The predicted octanol–water partition coefficient (Wildman–Crippen LogP) is 3.77. The Morgan fingerprint density at radius 1 is 0.870 bits per heavy atom. The van der Waals surface area contributed by atoms with Crippen LogP contribution in [0.4, 0.5) is 14.5 Å². The highest BCUT2D eigenvalue weighted by atomic mass is 32.2. The van der Waals surface area contributed by atoms with E-state index in [1.807, 2.05) is 13.8 Å². The van der Waals surface area contributed by atoms with Crippen molar-refractivity contribution in [1.29, 1.82) is 0 Å². The molecule has 46 heavy (non-hydrogen) atoms. The highest BCUT2D eigenvalue weighted by molar-refractivity contribution is 7.89. The fourth-order valence-electron chi connectivity index (χ4n) is 5.43. The second kappa shape index (κ2) is 14.3. The molecule has 244 valence electrons. The van der Waals surface area contributed by atoms with Gasteiger partial charge in [-0.1, -0.05) is 24.3 Å². The second-order valence-electron chi connectivity index (χ2n) is 11.2. The number of halogens is 2. The molecule has 0 unspecified atom stereocenters. The Morgan fingerprint density at radius 2 is 1.39 bits per heavy atom. The standard InChI is InChI=1S/C33H35F2N3O7S/c1-19(2)38-28(16-13-25(39)17-26(40)18-29(41)42)30(20-3-7-22(34)8-4-20)31(21-5-9-23(35)10-6-21)32(38)33(43)37-24-11-14-27(15-12-24)46(36,44)45/h3-12,14-15,19,25-26,39-40H,13,16-18H2,1-2H3,(H,37,43)(H,41,42)(H2,36,44,45)/p-1/t25-,26-/m1/s1. The molecule has 1 aromatic heterocycles. The van der Waals surface area contributed by atoms with Crippen LogP contribution in [0.25, 0.3) is 22.3 Å². The van der Waals surface area contributed by atoms with Gasteiger partial charge in [0.2, 0.25) is 10.0 Å². The van der Waals surface area contributed by atoms with E-state index >= 15 is 0 Å². The number of anilines is 1. The van der Waals surface area contributed by atoms with Crippen LogP contribution in [0.5, 0.6) is 0 Å². The first-order valence-electron chi connectivity index (χ1n) is 14.4. The van der Waals surface area contributed by atoms with Gasteiger partial charge in [0.05, 0.1) is 17.1 Å². The van der Waals surface area contributed by atoms with Gasteiger partial charge in [-0.25, -0.2) is 22.3 Å². The lowest BCUT2D eigenvalue weighted by atomic mass is 9.92. The number of aromatic nitrogens is 1. The number of benzene rings is 3. The van der Waals surface area contributed by atoms with Gasteiger partial charge in [0.15, 0.2) is 0 Å². The van der Waals surface area contributed by atoms with Gasteiger partial charge >= 0.3 is 0 Å². The SMILES string of the molecule is CC(C)n1c(CC[C@@H](O)C[C@@H](O)CC(=O)[O-])c(-c2ccc(F)cc2)c(-c2ccc(F)cc2)c1C(=O)Nc1ccc(S(N)(=O)=O)cc1. The van der Waals surface area contributed by atoms with Gasteiger partial charge in [0.1, 0.15) is 17.3 Å². The summed E-state index contributed by atoms with van der Waals surface area (Å²) in [5, 5.41) is 39.6. The third-order valence-electron chi connectivity index (χ3n) is 7.41. The Labute approximate surface area is 265 Å². The van der Waals surface area contributed by atoms with E-state index in [9.17, 15) is 42.1 Å². The summed E-state index contributed by atoms with van der Waals surface area (Å²) in [6, 6.07) is 16.0. The molecule has 0 aliphatic heterocycles. The Hall–Kier alpha value is -4.43. The molecule has 4 rings (SSSR count). The molecule has 1 heterocycles. The summed E-state index contributed by atoms with van der Waals surface area (Å²) >= 11 is 0. The summed E-state index contributed by atoms with van der Waals surface area (Å²) in [5.74, 6) is -3.04. The average Bonchev–Trinajstić information content (AvgIpc) is 3.32. The zero-order chi connectivity index (χ0) is 33.8. The molecule has 1 amide bonds. The minimum atomic E-state index is -3.97. The van der Waals surface area contributed by atoms with Crippen LogP contribution in [0, 0.1) is 11.6 Å². The second-order valence-corrected chi connectivity index (χ2v) is 12.8. The molecule has 0 bridgehead atoms. The molecule has 0 aliphatic carbocycles. The molecule has 0 spiro atoms. The van der Waals surface area contributed by atoms with Crippen LogP contribution in [0.15, 0.2) is 77.7 Å². The average molecular weight is 655 g/mol. The summed E-state index contributed by atoms with van der Waals surface area (Å²) in [5.41, 5.74) is 2.94. The van der Waals surface area contributed by atoms with Crippen molar-refractivity contribution in [2.45, 2.75) is 62.7 Å². The highest BCUT2D eigenvalue weighted by Gasteiger charge is 2.30. The molecule has 0 saturated heterocycles. The van der Waals surface area contributed by atoms with Crippen molar-refractivity contribution in [2.24, 2.45) is 5.14 Å². The number of carboxylic acid groups (broad SMARTS) is 1. The monoisotopic (exact) mass is 654 g/mol. The first-order chi connectivity index (χ1) is 21.6. The minimum Gasteiger partial charge on any atom is -0.550 e. The van der Waals surface area contributed by atoms with E-state index < -0.39 is 52.2 Å². The maximum atomic E-state index is 14.2. The topological polar surface area (TPSA) is 175 Å². The number of nitrogens with one attached hydrogen (secondary N) is 1. The number of carbonyl (C=O) groups is 2. The molecule has 0 fully saturated rings. The van der Waals surface area contributed by atoms with Crippen molar-refractivity contribution in [1.82, 2.24) is 4.57 Å². The van der Waals surface area contributed by atoms with Crippen molar-refractivity contribution in [2.75, 3.05) is 5.32 Å². The summed E-state index contributed by atoms with van der Waals surface area (Å²) in [6.07, 6.45) is -3.10. The maximum absolute atomic E-state index is 14.2. The number of primary sulfonamides is 1. The van der Waals surface area contributed by atoms with Crippen LogP contribution in [0.1, 0.15) is 55.3 Å². The third kappa shape index (κ3) is 8.23. The molecule has 0 radical (unpaired) electrons. The lowest BCUT2D eigenvalue weighted by Gasteiger charge is -2.20. The van der Waals surface area contributed by atoms with Gasteiger partial charge in [-0.05, 0) is 92.8 Å². The fourth-order valence-corrected chi connectivity index (χ4v) is 5.95. The maximum Gasteiger partial charge on any atom is 0.272 e. The highest BCUT2D eigenvalue weighted by Crippen LogP contribution is 2.43. The molecule has 4 aromatic rings. The van der Waals surface area contributed by atoms with Gasteiger partial charge in [-0.15, -0.1) is 0 Å². The van der Waals surface area contributed by atoms with E-state index in [0.717, 1.165) is 0 Å². The first kappa shape index (κ1) is 34.4. The number of nitrogens with two attached hydrogens (primary N) is 1. The molecule has 10 nitrogen and oxygen atoms in total. The van der Waals surface area contributed by atoms with Crippen molar-refractivity contribution in [3.63, 3.8) is 0 Å². The van der Waals surface area contributed by atoms with E-state index in [0.29, 0.717) is 27.9 Å². The lowest BCUT2D eigenvalue weighted by molar-refractivity contribution is -0.307. The van der Waals surface area contributed by atoms with Crippen LogP contribution in [0.2, 0.25) is 0 Å². The number of hydrogen-bond donors (Lipinski definition) is 4. The van der Waals surface area contributed by atoms with E-state index in [-0.39, 0.29) is 41.6 Å². The number of aliphatic carboxylic acids is 1. The molecule has 3 aromatic carbocycles. The Morgan fingerprint density at radius 3 is 1.87 bits per heavy atom. The normalized spacial score (nSPS) is 13.0. The van der Waals surface area contributed by atoms with Crippen LogP contribution < -0.4 is 15.6 Å². The molecule has 2 atom stereocenters. The lowest BCUT2D eigenvalue weighted by Crippen LogP contribution is -2.29. The van der Waals surface area contributed by atoms with Crippen LogP contribution in [-0.2, 0) is 21.2 Å². The van der Waals surface area contributed by atoms with Gasteiger partial charge in [0, 0.05) is 40.9 Å². The number of hydrogen-bond acceptors (Lipinski definition) is 7. The van der Waals surface area contributed by atoms with E-state index in [1.165, 1.54) is 60.7 Å². The summed E-state index contributed by atoms with van der Waals surface area (Å²) in [4.78, 5) is 24.9. The van der Waals surface area contributed by atoms with Gasteiger partial charge < -0.3 is 30.0 Å². The smallest absolute Gasteiger partial charge is 0.272 e. The summed E-state index contributed by atoms with van der Waals surface area (Å²) in [7, 11) is -3.97. The summed E-state index contributed by atoms with van der Waals surface area (Å²) in [6.45, 7) is 3.67. The molecule has 0 saturated carbocycles. The number of nitrogens with zero attached hydrogens (tertiary/aromatic N) is 1. The predicted molar refractivity (Wildman–Crippen MR) is 166 cm³/mol. The number of aliphatic hydroxyl groups excluding tert-OH is 2. The van der Waals surface area contributed by atoms with Gasteiger partial charge in [-0.2, -0.15) is 0 Å². The number of carbonyl (C=O) groups excluding carboxylic acids is 2. The first-order valence-corrected chi connectivity index (χ1v) is 16.0. The quantitative estimate of drug-likeness (QED) is 0.170. The number of sulfonamides is 1.